The fraction of sp³-hybridized carbons (Fsp3) is 0.929. The first-order valence-corrected chi connectivity index (χ1v) is 8.71. The van der Waals surface area contributed by atoms with Gasteiger partial charge in [0.2, 0.25) is 0 Å². The second kappa shape index (κ2) is 10.5. The molecular weight excluding hydrogens is 525 g/mol. The van der Waals surface area contributed by atoms with Crippen LogP contribution in [-0.4, -0.2) is 86.9 Å². The van der Waals surface area contributed by atoms with Crippen molar-refractivity contribution in [3.05, 3.63) is 0 Å². The fourth-order valence-corrected chi connectivity index (χ4v) is 2.01. The van der Waals surface area contributed by atoms with Gasteiger partial charge in [0.1, 0.15) is 0 Å². The van der Waals surface area contributed by atoms with Gasteiger partial charge in [0.15, 0.2) is 0 Å². The molecule has 0 bridgehead atoms. The molecule has 0 aliphatic heterocycles. The fourth-order valence-electron chi connectivity index (χ4n) is 2.01. The van der Waals surface area contributed by atoms with E-state index in [4.69, 9.17) is 5.73 Å². The molecular formula is C14H17F15N4O. The van der Waals surface area contributed by atoms with E-state index < -0.39 is 60.7 Å². The summed E-state index contributed by atoms with van der Waals surface area (Å²) in [5.41, 5.74) is 5.13. The van der Waals surface area contributed by atoms with Gasteiger partial charge in [-0.15, -0.1) is 0 Å². The van der Waals surface area contributed by atoms with Crippen LogP contribution in [0.4, 0.5) is 65.9 Å². The number of amides is 1. The molecule has 5 nitrogen and oxygen atoms in total. The molecule has 1 amide bonds. The Morgan fingerprint density at radius 2 is 0.882 bits per heavy atom. The molecule has 0 saturated heterocycles. The van der Waals surface area contributed by atoms with Crippen LogP contribution in [0, 0.1) is 0 Å². The summed E-state index contributed by atoms with van der Waals surface area (Å²) < 4.78 is 195. The van der Waals surface area contributed by atoms with E-state index >= 15 is 0 Å². The number of nitrogens with one attached hydrogen (secondary N) is 3. The van der Waals surface area contributed by atoms with Crippen molar-refractivity contribution in [1.82, 2.24) is 16.0 Å². The number of rotatable bonds is 14. The third-order valence-corrected chi connectivity index (χ3v) is 4.00. The summed E-state index contributed by atoms with van der Waals surface area (Å²) in [7, 11) is 0. The molecule has 0 atom stereocenters. The molecule has 0 aliphatic rings. The third-order valence-electron chi connectivity index (χ3n) is 4.00. The van der Waals surface area contributed by atoms with Gasteiger partial charge >= 0.3 is 41.7 Å². The number of hydrogen-bond acceptors (Lipinski definition) is 4. The van der Waals surface area contributed by atoms with E-state index in [0.717, 1.165) is 5.32 Å². The number of carbonyl (C=O) groups excluding carboxylic acids is 1. The average Bonchev–Trinajstić information content (AvgIpc) is 2.68. The number of alkyl halides is 15. The van der Waals surface area contributed by atoms with Gasteiger partial charge in [0.05, 0.1) is 0 Å². The van der Waals surface area contributed by atoms with Gasteiger partial charge in [0.25, 0.3) is 5.91 Å². The normalized spacial score (nSPS) is 14.9. The molecule has 204 valence electrons. The molecule has 0 aromatic heterocycles. The molecule has 0 heterocycles. The first kappa shape index (κ1) is 32.3. The van der Waals surface area contributed by atoms with Gasteiger partial charge in [-0.25, -0.2) is 0 Å². The van der Waals surface area contributed by atoms with Crippen molar-refractivity contribution in [2.45, 2.75) is 41.7 Å². The summed E-state index contributed by atoms with van der Waals surface area (Å²) in [4.78, 5) is 11.2. The standard InChI is InChI=1S/C14H17F15N4O/c15-8(16,7(34)33-6-5-32-4-3-31-2-1-30)9(17,18)10(19,20)11(21,22)12(23,24)13(25,26)14(27,28)29/h31-32H,1-6,30H2,(H,33,34). The zero-order valence-electron chi connectivity index (χ0n) is 16.4. The van der Waals surface area contributed by atoms with Crippen LogP contribution in [0.15, 0.2) is 0 Å². The maximum atomic E-state index is 13.6. The molecule has 34 heavy (non-hydrogen) atoms. The minimum absolute atomic E-state index is 0.0647. The zero-order chi connectivity index (χ0) is 27.4. The van der Waals surface area contributed by atoms with E-state index in [-0.39, 0.29) is 19.6 Å². The predicted molar refractivity (Wildman–Crippen MR) is 83.5 cm³/mol. The number of carbonyl (C=O) groups is 1. The molecule has 5 N–H and O–H groups in total. The highest BCUT2D eigenvalue weighted by Gasteiger charge is 2.94. The minimum atomic E-state index is -8.43. The smallest absolute Gasteiger partial charge is 0.349 e. The topological polar surface area (TPSA) is 79.2 Å². The van der Waals surface area contributed by atoms with Gasteiger partial charge in [-0.05, 0) is 0 Å². The molecule has 0 spiro atoms. The molecule has 0 aliphatic carbocycles. The quantitative estimate of drug-likeness (QED) is 0.201. The van der Waals surface area contributed by atoms with Crippen molar-refractivity contribution < 1.29 is 70.7 Å². The van der Waals surface area contributed by atoms with Crippen molar-refractivity contribution in [3.63, 3.8) is 0 Å². The van der Waals surface area contributed by atoms with E-state index in [1.54, 1.807) is 0 Å². The first-order valence-electron chi connectivity index (χ1n) is 8.71. The maximum Gasteiger partial charge on any atom is 0.460 e. The third kappa shape index (κ3) is 5.58. The minimum Gasteiger partial charge on any atom is -0.349 e. The first-order chi connectivity index (χ1) is 15.0. The molecule has 0 aromatic carbocycles. The van der Waals surface area contributed by atoms with Crippen molar-refractivity contribution in [2.24, 2.45) is 5.73 Å². The Labute approximate surface area is 180 Å². The Hall–Kier alpha value is -1.70. The molecule has 0 saturated carbocycles. The van der Waals surface area contributed by atoms with Crippen LogP contribution in [0.5, 0.6) is 0 Å². The number of halogens is 15. The van der Waals surface area contributed by atoms with Crippen molar-refractivity contribution >= 4 is 5.91 Å². The molecule has 0 fully saturated rings. The van der Waals surface area contributed by atoms with E-state index in [2.05, 4.69) is 10.6 Å². The molecule has 0 radical (unpaired) electrons. The van der Waals surface area contributed by atoms with E-state index in [1.165, 1.54) is 0 Å². The lowest BCUT2D eigenvalue weighted by atomic mass is 9.91. The summed E-state index contributed by atoms with van der Waals surface area (Å²) >= 11 is 0. The van der Waals surface area contributed by atoms with Gasteiger partial charge in [-0.3, -0.25) is 4.79 Å². The Balaban J connectivity index is 5.65. The molecule has 0 rings (SSSR count). The van der Waals surface area contributed by atoms with E-state index in [1.807, 2.05) is 0 Å². The van der Waals surface area contributed by atoms with Crippen molar-refractivity contribution in [1.29, 1.82) is 0 Å². The van der Waals surface area contributed by atoms with Crippen LogP contribution >= 0.6 is 0 Å². The Bertz CT molecular complexity index is 681. The van der Waals surface area contributed by atoms with Crippen LogP contribution in [0.25, 0.3) is 0 Å². The summed E-state index contributed by atoms with van der Waals surface area (Å²) in [6.45, 7) is -0.659. The lowest BCUT2D eigenvalue weighted by Gasteiger charge is -2.41. The average molecular weight is 542 g/mol. The monoisotopic (exact) mass is 542 g/mol. The Morgan fingerprint density at radius 3 is 1.29 bits per heavy atom. The molecule has 20 heteroatoms. The van der Waals surface area contributed by atoms with Crippen molar-refractivity contribution in [3.8, 4) is 0 Å². The van der Waals surface area contributed by atoms with Crippen molar-refractivity contribution in [2.75, 3.05) is 39.3 Å². The van der Waals surface area contributed by atoms with Gasteiger partial charge in [-0.2, -0.15) is 65.9 Å². The highest BCUT2D eigenvalue weighted by Crippen LogP contribution is 2.62. The summed E-state index contributed by atoms with van der Waals surface area (Å²) in [6, 6.07) is 0. The zero-order valence-corrected chi connectivity index (χ0v) is 16.4. The lowest BCUT2D eigenvalue weighted by Crippen LogP contribution is -2.74. The highest BCUT2D eigenvalue weighted by atomic mass is 19.4. The Kier molecular flexibility index (Phi) is 9.98. The number of hydrogen-bond donors (Lipinski definition) is 4. The summed E-state index contributed by atoms with van der Waals surface area (Å²) in [5.74, 6) is -51.4. The summed E-state index contributed by atoms with van der Waals surface area (Å²) in [5, 5.41) is 5.98. The second-order valence-electron chi connectivity index (χ2n) is 6.49. The van der Waals surface area contributed by atoms with Crippen LogP contribution in [-0.2, 0) is 4.79 Å². The van der Waals surface area contributed by atoms with Crippen LogP contribution in [0.2, 0.25) is 0 Å². The second-order valence-corrected chi connectivity index (χ2v) is 6.49. The largest absolute Gasteiger partial charge is 0.460 e. The van der Waals surface area contributed by atoms with Crippen LogP contribution in [0.1, 0.15) is 0 Å². The summed E-state index contributed by atoms with van der Waals surface area (Å²) in [6.07, 6.45) is -7.68. The Morgan fingerprint density at radius 1 is 0.529 bits per heavy atom. The van der Waals surface area contributed by atoms with Gasteiger partial charge < -0.3 is 21.7 Å². The van der Waals surface area contributed by atoms with Crippen LogP contribution < -0.4 is 21.7 Å². The van der Waals surface area contributed by atoms with E-state index in [0.29, 0.717) is 6.54 Å². The lowest BCUT2D eigenvalue weighted by molar-refractivity contribution is -0.449. The molecule has 0 unspecified atom stereocenters. The van der Waals surface area contributed by atoms with E-state index in [9.17, 15) is 70.7 Å². The highest BCUT2D eigenvalue weighted by molar-refractivity contribution is 5.84. The van der Waals surface area contributed by atoms with Gasteiger partial charge in [-0.1, -0.05) is 0 Å². The maximum absolute atomic E-state index is 13.6. The predicted octanol–water partition coefficient (Wildman–Crippen LogP) is 2.61. The molecule has 0 aromatic rings. The van der Waals surface area contributed by atoms with Gasteiger partial charge in [0, 0.05) is 39.3 Å². The SMILES string of the molecule is NCCNCCNCCNC(=O)C(F)(F)C(F)(F)C(F)(F)C(F)(F)C(F)(F)C(F)(F)C(F)(F)F. The number of nitrogens with two attached hydrogens (primary N) is 1. The van der Waals surface area contributed by atoms with Crippen LogP contribution in [0.3, 0.4) is 0 Å².